The highest BCUT2D eigenvalue weighted by Crippen LogP contribution is 2.23. The van der Waals surface area contributed by atoms with Crippen molar-refractivity contribution < 1.29 is 9.84 Å². The highest BCUT2D eigenvalue weighted by molar-refractivity contribution is 5.67. The van der Waals surface area contributed by atoms with Gasteiger partial charge in [0.2, 0.25) is 0 Å². The van der Waals surface area contributed by atoms with Crippen LogP contribution in [0.15, 0.2) is 54.6 Å². The van der Waals surface area contributed by atoms with E-state index in [1.54, 1.807) is 12.1 Å². The molecule has 1 aliphatic rings. The molecule has 108 valence electrons. The van der Waals surface area contributed by atoms with Gasteiger partial charge in [0.1, 0.15) is 18.1 Å². The number of benzene rings is 2. The smallest absolute Gasteiger partial charge is 0.119 e. The fourth-order valence-electron chi connectivity index (χ4n) is 2.46. The Kier molecular flexibility index (Phi) is 4.22. The molecule has 0 saturated heterocycles. The molecule has 3 heteroatoms. The average molecular weight is 281 g/mol. The van der Waals surface area contributed by atoms with Crippen molar-refractivity contribution in [2.45, 2.75) is 13.0 Å². The Morgan fingerprint density at radius 2 is 1.95 bits per heavy atom. The van der Waals surface area contributed by atoms with Crippen molar-refractivity contribution in [3.8, 4) is 11.5 Å². The van der Waals surface area contributed by atoms with Gasteiger partial charge in [-0.2, -0.15) is 0 Å². The first-order chi connectivity index (χ1) is 10.3. The first-order valence-corrected chi connectivity index (χ1v) is 7.22. The normalized spacial score (nSPS) is 14.6. The zero-order chi connectivity index (χ0) is 14.5. The molecular weight excluding hydrogens is 262 g/mol. The van der Waals surface area contributed by atoms with E-state index in [9.17, 15) is 5.11 Å². The second-order valence-corrected chi connectivity index (χ2v) is 5.17. The summed E-state index contributed by atoms with van der Waals surface area (Å²) in [5.41, 5.74) is 3.62. The summed E-state index contributed by atoms with van der Waals surface area (Å²) >= 11 is 0. The fraction of sp³-hybridized carbons (Fsp3) is 0.222. The molecule has 0 radical (unpaired) electrons. The second-order valence-electron chi connectivity index (χ2n) is 5.17. The lowest BCUT2D eigenvalue weighted by Gasteiger charge is -2.14. The molecule has 3 rings (SSSR count). The number of phenolic OH excluding ortho intramolecular Hbond substituents is 1. The van der Waals surface area contributed by atoms with Crippen LogP contribution in [0.2, 0.25) is 0 Å². The molecule has 21 heavy (non-hydrogen) atoms. The number of rotatable bonds is 4. The van der Waals surface area contributed by atoms with Gasteiger partial charge in [0, 0.05) is 6.54 Å². The minimum atomic E-state index is 0.268. The van der Waals surface area contributed by atoms with E-state index in [0.717, 1.165) is 30.8 Å². The topological polar surface area (TPSA) is 41.5 Å². The molecule has 1 heterocycles. The highest BCUT2D eigenvalue weighted by atomic mass is 16.5. The largest absolute Gasteiger partial charge is 0.508 e. The molecular formula is C18H19NO2. The van der Waals surface area contributed by atoms with E-state index in [1.807, 2.05) is 24.3 Å². The van der Waals surface area contributed by atoms with Crippen LogP contribution in [0.4, 0.5) is 0 Å². The van der Waals surface area contributed by atoms with Crippen LogP contribution in [-0.4, -0.2) is 18.2 Å². The SMILES string of the molecule is Oc1cccc(COc2ccc(C3=CCNCC3)cc2)c1. The predicted molar refractivity (Wildman–Crippen MR) is 84.3 cm³/mol. The molecule has 0 atom stereocenters. The lowest BCUT2D eigenvalue weighted by Crippen LogP contribution is -2.19. The van der Waals surface area contributed by atoms with Crippen molar-refractivity contribution in [3.05, 3.63) is 65.7 Å². The van der Waals surface area contributed by atoms with Gasteiger partial charge in [-0.1, -0.05) is 30.3 Å². The van der Waals surface area contributed by atoms with Crippen LogP contribution in [0.1, 0.15) is 17.5 Å². The minimum absolute atomic E-state index is 0.268. The van der Waals surface area contributed by atoms with Crippen LogP contribution in [0.25, 0.3) is 5.57 Å². The van der Waals surface area contributed by atoms with Crippen molar-refractivity contribution in [2.24, 2.45) is 0 Å². The van der Waals surface area contributed by atoms with E-state index in [1.165, 1.54) is 11.1 Å². The van der Waals surface area contributed by atoms with E-state index in [4.69, 9.17) is 4.74 Å². The number of phenols is 1. The Bertz CT molecular complexity index is 632. The molecule has 2 aromatic rings. The lowest BCUT2D eigenvalue weighted by molar-refractivity contribution is 0.305. The van der Waals surface area contributed by atoms with E-state index >= 15 is 0 Å². The molecule has 2 aromatic carbocycles. The van der Waals surface area contributed by atoms with Gasteiger partial charge in [-0.25, -0.2) is 0 Å². The van der Waals surface area contributed by atoms with Crippen LogP contribution in [0.3, 0.4) is 0 Å². The molecule has 0 spiro atoms. The van der Waals surface area contributed by atoms with Gasteiger partial charge in [0.05, 0.1) is 0 Å². The number of nitrogens with one attached hydrogen (secondary N) is 1. The van der Waals surface area contributed by atoms with E-state index in [-0.39, 0.29) is 5.75 Å². The van der Waals surface area contributed by atoms with Gasteiger partial charge >= 0.3 is 0 Å². The minimum Gasteiger partial charge on any atom is -0.508 e. The molecule has 0 unspecified atom stereocenters. The van der Waals surface area contributed by atoms with Gasteiger partial charge in [-0.15, -0.1) is 0 Å². The third-order valence-electron chi connectivity index (χ3n) is 3.61. The molecule has 2 N–H and O–H groups in total. The molecule has 0 amide bonds. The van der Waals surface area contributed by atoms with Crippen LogP contribution in [-0.2, 0) is 6.61 Å². The average Bonchev–Trinajstić information content (AvgIpc) is 2.54. The second kappa shape index (κ2) is 6.46. The Morgan fingerprint density at radius 3 is 2.67 bits per heavy atom. The number of hydrogen-bond donors (Lipinski definition) is 2. The summed E-state index contributed by atoms with van der Waals surface area (Å²) in [6.07, 6.45) is 3.32. The summed E-state index contributed by atoms with van der Waals surface area (Å²) in [7, 11) is 0. The summed E-state index contributed by atoms with van der Waals surface area (Å²) in [5, 5.41) is 12.7. The third kappa shape index (κ3) is 3.64. The standard InChI is InChI=1S/C18H19NO2/c20-17-3-1-2-14(12-17)13-21-18-6-4-15(5-7-18)16-8-10-19-11-9-16/h1-8,12,19-20H,9-11,13H2. The van der Waals surface area contributed by atoms with Crippen molar-refractivity contribution in [3.63, 3.8) is 0 Å². The maximum Gasteiger partial charge on any atom is 0.119 e. The zero-order valence-corrected chi connectivity index (χ0v) is 11.9. The quantitative estimate of drug-likeness (QED) is 0.903. The summed E-state index contributed by atoms with van der Waals surface area (Å²) < 4.78 is 5.75. The van der Waals surface area contributed by atoms with Crippen molar-refractivity contribution in [1.82, 2.24) is 5.32 Å². The summed E-state index contributed by atoms with van der Waals surface area (Å²) in [5.74, 6) is 1.11. The van der Waals surface area contributed by atoms with E-state index < -0.39 is 0 Å². The molecule has 0 aliphatic carbocycles. The zero-order valence-electron chi connectivity index (χ0n) is 11.9. The van der Waals surface area contributed by atoms with Crippen LogP contribution in [0.5, 0.6) is 11.5 Å². The van der Waals surface area contributed by atoms with Crippen molar-refractivity contribution in [1.29, 1.82) is 0 Å². The van der Waals surface area contributed by atoms with Crippen LogP contribution >= 0.6 is 0 Å². The summed E-state index contributed by atoms with van der Waals surface area (Å²) in [6.45, 7) is 2.45. The third-order valence-corrected chi connectivity index (χ3v) is 3.61. The Morgan fingerprint density at radius 1 is 1.10 bits per heavy atom. The van der Waals surface area contributed by atoms with Gasteiger partial charge in [-0.05, 0) is 53.9 Å². The number of aromatic hydroxyl groups is 1. The van der Waals surface area contributed by atoms with Gasteiger partial charge in [-0.3, -0.25) is 0 Å². The Labute approximate surface area is 124 Å². The summed E-state index contributed by atoms with van der Waals surface area (Å²) in [6, 6.07) is 15.3. The predicted octanol–water partition coefficient (Wildman–Crippen LogP) is 3.35. The van der Waals surface area contributed by atoms with Gasteiger partial charge in [0.25, 0.3) is 0 Å². The highest BCUT2D eigenvalue weighted by Gasteiger charge is 2.05. The first-order valence-electron chi connectivity index (χ1n) is 7.22. The van der Waals surface area contributed by atoms with Crippen LogP contribution in [0, 0.1) is 0 Å². The monoisotopic (exact) mass is 281 g/mol. The Balaban J connectivity index is 1.63. The summed E-state index contributed by atoms with van der Waals surface area (Å²) in [4.78, 5) is 0. The molecule has 0 fully saturated rings. The molecule has 3 nitrogen and oxygen atoms in total. The van der Waals surface area contributed by atoms with Gasteiger partial charge < -0.3 is 15.2 Å². The molecule has 0 aromatic heterocycles. The molecule has 1 aliphatic heterocycles. The maximum absolute atomic E-state index is 9.42. The van der Waals surface area contributed by atoms with E-state index in [0.29, 0.717) is 6.61 Å². The van der Waals surface area contributed by atoms with Crippen molar-refractivity contribution >= 4 is 5.57 Å². The van der Waals surface area contributed by atoms with Crippen LogP contribution < -0.4 is 10.1 Å². The number of ether oxygens (including phenoxy) is 1. The number of hydrogen-bond acceptors (Lipinski definition) is 3. The molecule has 0 bridgehead atoms. The molecule has 0 saturated carbocycles. The van der Waals surface area contributed by atoms with E-state index in [2.05, 4.69) is 23.5 Å². The Hall–Kier alpha value is -2.26. The maximum atomic E-state index is 9.42. The van der Waals surface area contributed by atoms with Gasteiger partial charge in [0.15, 0.2) is 0 Å². The fourth-order valence-corrected chi connectivity index (χ4v) is 2.46. The van der Waals surface area contributed by atoms with Crippen molar-refractivity contribution in [2.75, 3.05) is 13.1 Å². The first kappa shape index (κ1) is 13.7. The lowest BCUT2D eigenvalue weighted by atomic mass is 10.0.